The quantitative estimate of drug-likeness (QED) is 0.515. The van der Waals surface area contributed by atoms with Gasteiger partial charge in [-0.3, -0.25) is 4.79 Å². The molecule has 0 aliphatic heterocycles. The summed E-state index contributed by atoms with van der Waals surface area (Å²) in [4.78, 5) is 10.5. The number of rotatable bonds is 7. The van der Waals surface area contributed by atoms with Crippen molar-refractivity contribution in [3.05, 3.63) is 24.4 Å². The fourth-order valence-corrected chi connectivity index (χ4v) is 1.02. The van der Waals surface area contributed by atoms with Crippen molar-refractivity contribution in [3.8, 4) is 0 Å². The highest BCUT2D eigenvalue weighted by molar-refractivity contribution is 5.73. The van der Waals surface area contributed by atoms with E-state index in [0.29, 0.717) is 12.8 Å². The van der Waals surface area contributed by atoms with Crippen molar-refractivity contribution in [2.75, 3.05) is 0 Å². The van der Waals surface area contributed by atoms with Crippen LogP contribution in [0.1, 0.15) is 25.7 Å². The Morgan fingerprint density at radius 3 is 2.50 bits per heavy atom. The van der Waals surface area contributed by atoms with Gasteiger partial charge in [-0.1, -0.05) is 6.08 Å². The highest BCUT2D eigenvalue weighted by atomic mass is 16.1. The largest absolute Gasteiger partial charge is 0.402 e. The van der Waals surface area contributed by atoms with Crippen LogP contribution in [0.2, 0.25) is 0 Å². The van der Waals surface area contributed by atoms with E-state index in [1.54, 1.807) is 12.2 Å². The van der Waals surface area contributed by atoms with Crippen LogP contribution in [0.5, 0.6) is 0 Å². The van der Waals surface area contributed by atoms with Crippen molar-refractivity contribution in [2.45, 2.75) is 31.7 Å². The van der Waals surface area contributed by atoms with Gasteiger partial charge < -0.3 is 17.2 Å². The molecule has 0 saturated carbocycles. The molecule has 0 heterocycles. The fourth-order valence-electron chi connectivity index (χ4n) is 1.02. The monoisotopic (exact) mass is 197 g/mol. The third-order valence-electron chi connectivity index (χ3n) is 1.79. The first-order chi connectivity index (χ1) is 6.56. The molecule has 0 rings (SSSR count). The van der Waals surface area contributed by atoms with Gasteiger partial charge in [0.1, 0.15) is 0 Å². The van der Waals surface area contributed by atoms with E-state index >= 15 is 0 Å². The van der Waals surface area contributed by atoms with Crippen molar-refractivity contribution in [3.63, 3.8) is 0 Å². The van der Waals surface area contributed by atoms with E-state index in [4.69, 9.17) is 17.2 Å². The molecular formula is C10H19N3O. The van der Waals surface area contributed by atoms with Crippen LogP contribution >= 0.6 is 0 Å². The molecule has 0 bridgehead atoms. The lowest BCUT2D eigenvalue weighted by Crippen LogP contribution is -2.22. The number of allylic oxidation sites excluding steroid dienone is 2. The van der Waals surface area contributed by atoms with E-state index in [0.717, 1.165) is 18.5 Å². The topological polar surface area (TPSA) is 95.1 Å². The number of nitrogens with two attached hydrogens (primary N) is 3. The van der Waals surface area contributed by atoms with Gasteiger partial charge in [0.25, 0.3) is 0 Å². The van der Waals surface area contributed by atoms with Crippen LogP contribution in [-0.4, -0.2) is 11.9 Å². The molecule has 4 heteroatoms. The summed E-state index contributed by atoms with van der Waals surface area (Å²) in [6, 6.07) is -0.188. The molecule has 0 aromatic heterocycles. The molecule has 0 fully saturated rings. The van der Waals surface area contributed by atoms with Gasteiger partial charge in [-0.15, -0.1) is 6.58 Å². The first-order valence-corrected chi connectivity index (χ1v) is 4.67. The minimum atomic E-state index is -0.335. The lowest BCUT2D eigenvalue weighted by molar-refractivity contribution is -0.118. The second-order valence-corrected chi connectivity index (χ2v) is 3.24. The van der Waals surface area contributed by atoms with Gasteiger partial charge in [-0.25, -0.2) is 0 Å². The summed E-state index contributed by atoms with van der Waals surface area (Å²) in [6.07, 6.45) is 6.01. The Bertz CT molecular complexity index is 223. The molecule has 0 spiro atoms. The first-order valence-electron chi connectivity index (χ1n) is 4.67. The molecule has 0 aromatic carbocycles. The molecule has 0 aliphatic carbocycles. The van der Waals surface area contributed by atoms with Crippen molar-refractivity contribution < 1.29 is 4.79 Å². The summed E-state index contributed by atoms with van der Waals surface area (Å²) in [5.74, 6) is -0.335. The van der Waals surface area contributed by atoms with E-state index in [-0.39, 0.29) is 11.9 Å². The summed E-state index contributed by atoms with van der Waals surface area (Å²) < 4.78 is 0. The molecule has 0 aromatic rings. The lowest BCUT2D eigenvalue weighted by atomic mass is 10.1. The average Bonchev–Trinajstić information content (AvgIpc) is 2.11. The van der Waals surface area contributed by atoms with Crippen molar-refractivity contribution in [1.82, 2.24) is 0 Å². The van der Waals surface area contributed by atoms with Gasteiger partial charge in [-0.2, -0.15) is 0 Å². The normalized spacial score (nSPS) is 13.6. The zero-order valence-corrected chi connectivity index (χ0v) is 8.41. The Kier molecular flexibility index (Phi) is 6.49. The van der Waals surface area contributed by atoms with E-state index in [1.807, 2.05) is 0 Å². The molecule has 80 valence electrons. The van der Waals surface area contributed by atoms with Gasteiger partial charge in [0.2, 0.25) is 5.91 Å². The van der Waals surface area contributed by atoms with Crippen LogP contribution in [-0.2, 0) is 4.79 Å². The standard InChI is InChI=1S/C10H19N3O/c1-2-3-4-8(11)7-9(12)5-6-10(13)14/h2,7,9H,1,3-6,11-12H2,(H2,13,14)/b8-7+/t9-/m0/s1. The van der Waals surface area contributed by atoms with Gasteiger partial charge in [0, 0.05) is 18.2 Å². The fraction of sp³-hybridized carbons (Fsp3) is 0.500. The Morgan fingerprint density at radius 2 is 2.00 bits per heavy atom. The second-order valence-electron chi connectivity index (χ2n) is 3.24. The minimum absolute atomic E-state index is 0.188. The van der Waals surface area contributed by atoms with E-state index < -0.39 is 0 Å². The smallest absolute Gasteiger partial charge is 0.217 e. The molecule has 14 heavy (non-hydrogen) atoms. The minimum Gasteiger partial charge on any atom is -0.402 e. The summed E-state index contributed by atoms with van der Waals surface area (Å²) >= 11 is 0. The van der Waals surface area contributed by atoms with Crippen LogP contribution in [0.25, 0.3) is 0 Å². The third kappa shape index (κ3) is 7.36. The number of hydrogen-bond donors (Lipinski definition) is 3. The third-order valence-corrected chi connectivity index (χ3v) is 1.79. The average molecular weight is 197 g/mol. The van der Waals surface area contributed by atoms with Crippen LogP contribution in [0, 0.1) is 0 Å². The van der Waals surface area contributed by atoms with E-state index in [9.17, 15) is 4.79 Å². The highest BCUT2D eigenvalue weighted by Gasteiger charge is 2.02. The van der Waals surface area contributed by atoms with E-state index in [2.05, 4.69) is 6.58 Å². The molecule has 1 atom stereocenters. The first kappa shape index (κ1) is 12.7. The van der Waals surface area contributed by atoms with Gasteiger partial charge in [-0.05, 0) is 25.3 Å². The molecule has 0 saturated heterocycles. The van der Waals surface area contributed by atoms with Crippen molar-refractivity contribution in [1.29, 1.82) is 0 Å². The van der Waals surface area contributed by atoms with Crippen LogP contribution in [0.15, 0.2) is 24.4 Å². The van der Waals surface area contributed by atoms with Crippen molar-refractivity contribution >= 4 is 5.91 Å². The van der Waals surface area contributed by atoms with Gasteiger partial charge >= 0.3 is 0 Å². The van der Waals surface area contributed by atoms with Crippen molar-refractivity contribution in [2.24, 2.45) is 17.2 Å². The maximum Gasteiger partial charge on any atom is 0.217 e. The Hall–Kier alpha value is -1.29. The van der Waals surface area contributed by atoms with Crippen LogP contribution < -0.4 is 17.2 Å². The molecule has 1 amide bonds. The van der Waals surface area contributed by atoms with Gasteiger partial charge in [0.05, 0.1) is 0 Å². The number of carbonyl (C=O) groups excluding carboxylic acids is 1. The summed E-state index contributed by atoms with van der Waals surface area (Å²) in [6.45, 7) is 3.60. The second kappa shape index (κ2) is 7.15. The molecule has 0 radical (unpaired) electrons. The SMILES string of the molecule is C=CCC/C(N)=C\[C@@H](N)CCC(N)=O. The summed E-state index contributed by atoms with van der Waals surface area (Å²) in [7, 11) is 0. The molecule has 0 aliphatic rings. The number of hydrogen-bond acceptors (Lipinski definition) is 3. The number of amides is 1. The number of primary amides is 1. The van der Waals surface area contributed by atoms with Gasteiger partial charge in [0.15, 0.2) is 0 Å². The zero-order valence-electron chi connectivity index (χ0n) is 8.41. The molecule has 4 nitrogen and oxygen atoms in total. The lowest BCUT2D eigenvalue weighted by Gasteiger charge is -2.06. The van der Waals surface area contributed by atoms with Crippen LogP contribution in [0.3, 0.4) is 0 Å². The zero-order chi connectivity index (χ0) is 11.0. The Morgan fingerprint density at radius 1 is 1.36 bits per heavy atom. The highest BCUT2D eigenvalue weighted by Crippen LogP contribution is 2.02. The molecule has 6 N–H and O–H groups in total. The predicted molar refractivity (Wildman–Crippen MR) is 58.1 cm³/mol. The number of carbonyl (C=O) groups is 1. The Labute approximate surface area is 84.8 Å². The molecular weight excluding hydrogens is 178 g/mol. The maximum absolute atomic E-state index is 10.5. The van der Waals surface area contributed by atoms with E-state index in [1.165, 1.54) is 0 Å². The molecule has 0 unspecified atom stereocenters. The Balaban J connectivity index is 3.82. The van der Waals surface area contributed by atoms with Crippen LogP contribution in [0.4, 0.5) is 0 Å². The summed E-state index contributed by atoms with van der Waals surface area (Å²) in [5, 5.41) is 0. The maximum atomic E-state index is 10.5. The predicted octanol–water partition coefficient (Wildman–Crippen LogP) is 0.388. The summed E-state index contributed by atoms with van der Waals surface area (Å²) in [5.41, 5.74) is 17.1.